The van der Waals surface area contributed by atoms with Crippen molar-refractivity contribution in [2.24, 2.45) is 5.92 Å². The Kier molecular flexibility index (Phi) is 4.43. The lowest BCUT2D eigenvalue weighted by atomic mass is 10.1. The van der Waals surface area contributed by atoms with Crippen LogP contribution in [0.15, 0.2) is 4.47 Å². The van der Waals surface area contributed by atoms with E-state index in [2.05, 4.69) is 25.9 Å². The van der Waals surface area contributed by atoms with Gasteiger partial charge in [0.05, 0.1) is 35.7 Å². The van der Waals surface area contributed by atoms with Crippen LogP contribution in [0.25, 0.3) is 0 Å². The second kappa shape index (κ2) is 5.73. The summed E-state index contributed by atoms with van der Waals surface area (Å²) < 4.78 is 17.7. The van der Waals surface area contributed by atoms with Crippen LogP contribution in [-0.2, 0) is 9.47 Å². The van der Waals surface area contributed by atoms with Gasteiger partial charge in [0.15, 0.2) is 5.79 Å². The smallest absolute Gasteiger partial charge is 0.316 e. The van der Waals surface area contributed by atoms with Gasteiger partial charge in [-0.25, -0.2) is 0 Å². The molecule has 19 heavy (non-hydrogen) atoms. The van der Waals surface area contributed by atoms with E-state index >= 15 is 0 Å². The van der Waals surface area contributed by atoms with Crippen LogP contribution in [0.5, 0.6) is 6.01 Å². The van der Waals surface area contributed by atoms with Gasteiger partial charge in [-0.3, -0.25) is 0 Å². The van der Waals surface area contributed by atoms with Gasteiger partial charge in [0.1, 0.15) is 0 Å². The lowest BCUT2D eigenvalue weighted by Crippen LogP contribution is -2.41. The molecule has 0 amide bonds. The highest BCUT2D eigenvalue weighted by Crippen LogP contribution is 2.22. The molecule has 5 nitrogen and oxygen atoms in total. The first-order valence-electron chi connectivity index (χ1n) is 6.29. The highest BCUT2D eigenvalue weighted by molar-refractivity contribution is 9.10. The van der Waals surface area contributed by atoms with Crippen LogP contribution < -0.4 is 4.74 Å². The summed E-state index contributed by atoms with van der Waals surface area (Å²) in [5.74, 6) is -0.279. The summed E-state index contributed by atoms with van der Waals surface area (Å²) in [6.45, 7) is 9.41. The van der Waals surface area contributed by atoms with E-state index in [-0.39, 0.29) is 5.92 Å². The minimum atomic E-state index is -0.488. The summed E-state index contributed by atoms with van der Waals surface area (Å²) in [4.78, 5) is 8.57. The van der Waals surface area contributed by atoms with E-state index in [1.807, 2.05) is 27.7 Å². The van der Waals surface area contributed by atoms with Crippen molar-refractivity contribution in [1.82, 2.24) is 9.97 Å². The van der Waals surface area contributed by atoms with Crippen LogP contribution >= 0.6 is 15.9 Å². The number of hydrogen-bond acceptors (Lipinski definition) is 5. The van der Waals surface area contributed by atoms with Gasteiger partial charge in [0, 0.05) is 5.92 Å². The molecule has 0 spiro atoms. The van der Waals surface area contributed by atoms with Gasteiger partial charge in [0.25, 0.3) is 0 Å². The molecule has 1 aromatic rings. The van der Waals surface area contributed by atoms with Gasteiger partial charge < -0.3 is 14.2 Å². The molecule has 0 saturated carbocycles. The lowest BCUT2D eigenvalue weighted by molar-refractivity contribution is -0.264. The molecule has 0 radical (unpaired) electrons. The van der Waals surface area contributed by atoms with Gasteiger partial charge in [-0.05, 0) is 43.6 Å². The van der Waals surface area contributed by atoms with Crippen LogP contribution in [0.1, 0.15) is 25.2 Å². The molecule has 0 atom stereocenters. The average molecular weight is 331 g/mol. The molecule has 6 heteroatoms. The molecular formula is C13H19BrN2O3. The zero-order valence-electron chi connectivity index (χ0n) is 11.7. The first kappa shape index (κ1) is 14.7. The SMILES string of the molecule is Cc1nc(OCC2COC(C)(C)OC2)nc(C)c1Br. The predicted molar refractivity (Wildman–Crippen MR) is 74.2 cm³/mol. The van der Waals surface area contributed by atoms with Crippen molar-refractivity contribution in [3.05, 3.63) is 15.9 Å². The zero-order valence-corrected chi connectivity index (χ0v) is 13.3. The molecule has 106 valence electrons. The summed E-state index contributed by atoms with van der Waals surface area (Å²) >= 11 is 3.43. The fourth-order valence-corrected chi connectivity index (χ4v) is 1.93. The maximum Gasteiger partial charge on any atom is 0.316 e. The summed E-state index contributed by atoms with van der Waals surface area (Å²) in [7, 11) is 0. The molecule has 1 aliphatic heterocycles. The Bertz CT molecular complexity index is 432. The topological polar surface area (TPSA) is 53.5 Å². The third-order valence-electron chi connectivity index (χ3n) is 2.94. The maximum atomic E-state index is 5.63. The molecule has 2 heterocycles. The fourth-order valence-electron chi connectivity index (χ4n) is 1.75. The summed E-state index contributed by atoms with van der Waals surface area (Å²) in [6.07, 6.45) is 0. The molecular weight excluding hydrogens is 312 g/mol. The van der Waals surface area contributed by atoms with E-state index in [9.17, 15) is 0 Å². The van der Waals surface area contributed by atoms with Gasteiger partial charge in [-0.15, -0.1) is 0 Å². The molecule has 1 fully saturated rings. The standard InChI is InChI=1S/C13H19BrN2O3/c1-8-11(14)9(2)16-12(15-8)17-5-10-6-18-13(3,4)19-7-10/h10H,5-7H2,1-4H3. The molecule has 0 N–H and O–H groups in total. The third kappa shape index (κ3) is 3.87. The molecule has 1 saturated heterocycles. The van der Waals surface area contributed by atoms with Crippen LogP contribution in [0.2, 0.25) is 0 Å². The minimum absolute atomic E-state index is 0.209. The van der Waals surface area contributed by atoms with E-state index in [4.69, 9.17) is 14.2 Å². The normalized spacial score (nSPS) is 19.4. The number of halogens is 1. The lowest BCUT2D eigenvalue weighted by Gasteiger charge is -2.34. The van der Waals surface area contributed by atoms with Crippen molar-refractivity contribution in [3.8, 4) is 6.01 Å². The predicted octanol–water partition coefficient (Wildman–Crippen LogP) is 2.63. The van der Waals surface area contributed by atoms with E-state index in [0.29, 0.717) is 25.8 Å². The first-order chi connectivity index (χ1) is 8.87. The van der Waals surface area contributed by atoms with Crippen molar-refractivity contribution in [1.29, 1.82) is 0 Å². The zero-order chi connectivity index (χ0) is 14.0. The van der Waals surface area contributed by atoms with Gasteiger partial charge >= 0.3 is 6.01 Å². The summed E-state index contributed by atoms with van der Waals surface area (Å²) in [5, 5.41) is 0. The quantitative estimate of drug-likeness (QED) is 0.852. The number of ether oxygens (including phenoxy) is 3. The number of aryl methyl sites for hydroxylation is 2. The molecule has 0 bridgehead atoms. The van der Waals surface area contributed by atoms with E-state index in [0.717, 1.165) is 15.9 Å². The number of aromatic nitrogens is 2. The van der Waals surface area contributed by atoms with Gasteiger partial charge in [0.2, 0.25) is 0 Å². The van der Waals surface area contributed by atoms with Crippen molar-refractivity contribution < 1.29 is 14.2 Å². The van der Waals surface area contributed by atoms with Crippen molar-refractivity contribution in [2.75, 3.05) is 19.8 Å². The Balaban J connectivity index is 1.90. The Morgan fingerprint density at radius 3 is 2.26 bits per heavy atom. The highest BCUT2D eigenvalue weighted by Gasteiger charge is 2.28. The van der Waals surface area contributed by atoms with Crippen molar-refractivity contribution >= 4 is 15.9 Å². The number of hydrogen-bond donors (Lipinski definition) is 0. The summed E-state index contributed by atoms with van der Waals surface area (Å²) in [5.41, 5.74) is 1.75. The maximum absolute atomic E-state index is 5.63. The fraction of sp³-hybridized carbons (Fsp3) is 0.692. The first-order valence-corrected chi connectivity index (χ1v) is 7.08. The minimum Gasteiger partial charge on any atom is -0.463 e. The number of rotatable bonds is 3. The van der Waals surface area contributed by atoms with E-state index < -0.39 is 5.79 Å². The van der Waals surface area contributed by atoms with Crippen LogP contribution in [0.4, 0.5) is 0 Å². The Hall–Kier alpha value is -0.720. The molecule has 2 rings (SSSR count). The van der Waals surface area contributed by atoms with Crippen LogP contribution in [0.3, 0.4) is 0 Å². The molecule has 0 unspecified atom stereocenters. The molecule has 0 aliphatic carbocycles. The van der Waals surface area contributed by atoms with E-state index in [1.54, 1.807) is 0 Å². The van der Waals surface area contributed by atoms with Crippen LogP contribution in [-0.4, -0.2) is 35.6 Å². The highest BCUT2D eigenvalue weighted by atomic mass is 79.9. The van der Waals surface area contributed by atoms with Crippen LogP contribution in [0, 0.1) is 19.8 Å². The van der Waals surface area contributed by atoms with Crippen molar-refractivity contribution in [2.45, 2.75) is 33.5 Å². The molecule has 1 aliphatic rings. The largest absolute Gasteiger partial charge is 0.463 e. The molecule has 0 aromatic carbocycles. The Labute approximate surface area is 121 Å². The third-order valence-corrected chi connectivity index (χ3v) is 4.09. The monoisotopic (exact) mass is 330 g/mol. The van der Waals surface area contributed by atoms with Gasteiger partial charge in [-0.1, -0.05) is 0 Å². The number of nitrogens with zero attached hydrogens (tertiary/aromatic N) is 2. The second-order valence-electron chi connectivity index (χ2n) is 5.19. The second-order valence-corrected chi connectivity index (χ2v) is 5.98. The Morgan fingerprint density at radius 2 is 1.74 bits per heavy atom. The summed E-state index contributed by atoms with van der Waals surface area (Å²) in [6, 6.07) is 0.406. The van der Waals surface area contributed by atoms with Gasteiger partial charge in [-0.2, -0.15) is 9.97 Å². The Morgan fingerprint density at radius 1 is 1.21 bits per heavy atom. The molecule has 1 aromatic heterocycles. The van der Waals surface area contributed by atoms with Crippen molar-refractivity contribution in [3.63, 3.8) is 0 Å². The van der Waals surface area contributed by atoms with E-state index in [1.165, 1.54) is 0 Å². The average Bonchev–Trinajstić information content (AvgIpc) is 2.34.